The highest BCUT2D eigenvalue weighted by molar-refractivity contribution is 8.00. The van der Waals surface area contributed by atoms with Crippen LogP contribution in [0.15, 0.2) is 72.4 Å². The summed E-state index contributed by atoms with van der Waals surface area (Å²) in [4.78, 5) is 26.2. The molecule has 5 heteroatoms. The highest BCUT2D eigenvalue weighted by Gasteiger charge is 2.49. The summed E-state index contributed by atoms with van der Waals surface area (Å²) in [6.45, 7) is 0. The molecule has 2 heterocycles. The van der Waals surface area contributed by atoms with Crippen molar-refractivity contribution in [2.45, 2.75) is 17.2 Å². The number of β-lactam (4-membered cyclic amide) rings is 1. The van der Waals surface area contributed by atoms with Crippen molar-refractivity contribution in [2.75, 3.05) is 5.75 Å². The topological polar surface area (TPSA) is 57.6 Å². The van der Waals surface area contributed by atoms with Crippen LogP contribution in [-0.4, -0.2) is 33.0 Å². The van der Waals surface area contributed by atoms with Crippen molar-refractivity contribution in [1.82, 2.24) is 4.90 Å². The predicted octanol–water partition coefficient (Wildman–Crippen LogP) is 3.25. The molecule has 2 aliphatic rings. The van der Waals surface area contributed by atoms with Gasteiger partial charge in [0.05, 0.1) is 11.8 Å². The van der Waals surface area contributed by atoms with Gasteiger partial charge in [-0.2, -0.15) is 0 Å². The molecule has 1 unspecified atom stereocenters. The fourth-order valence-electron chi connectivity index (χ4n) is 3.59. The van der Waals surface area contributed by atoms with Gasteiger partial charge in [-0.3, -0.25) is 9.59 Å². The number of carbonyl (C=O) groups is 2. The van der Waals surface area contributed by atoms with Crippen LogP contribution in [0.1, 0.15) is 17.5 Å². The lowest BCUT2D eigenvalue weighted by molar-refractivity contribution is -0.141. The van der Waals surface area contributed by atoms with Gasteiger partial charge in [-0.15, -0.1) is 11.8 Å². The maximum atomic E-state index is 12.7. The quantitative estimate of drug-likeness (QED) is 0.859. The third-order valence-electron chi connectivity index (χ3n) is 4.89. The summed E-state index contributed by atoms with van der Waals surface area (Å²) in [6, 6.07) is 18.5. The number of hydrogen-bond acceptors (Lipinski definition) is 3. The Morgan fingerprint density at radius 1 is 1.04 bits per heavy atom. The molecule has 0 saturated carbocycles. The van der Waals surface area contributed by atoms with Crippen molar-refractivity contribution in [1.29, 1.82) is 0 Å². The minimum atomic E-state index is -1.30. The molecule has 25 heavy (non-hydrogen) atoms. The van der Waals surface area contributed by atoms with Gasteiger partial charge in [0.1, 0.15) is 5.41 Å². The summed E-state index contributed by atoms with van der Waals surface area (Å²) in [6.07, 6.45) is 2.30. The molecule has 2 aromatic rings. The Labute approximate surface area is 150 Å². The number of carboxylic acids is 1. The minimum absolute atomic E-state index is 0.0510. The molecule has 1 fully saturated rings. The fourth-order valence-corrected chi connectivity index (χ4v) is 4.85. The van der Waals surface area contributed by atoms with Gasteiger partial charge in [0.2, 0.25) is 5.91 Å². The molecule has 2 aromatic carbocycles. The number of carbonyl (C=O) groups excluding carboxylic acids is 1. The molecule has 0 aromatic heterocycles. The SMILES string of the molecule is O=C1CC2SCC(C(C(=O)O)(c3ccccc3)c3ccccc3)=CN12. The fraction of sp³-hybridized carbons (Fsp3) is 0.200. The number of benzene rings is 2. The Kier molecular flexibility index (Phi) is 3.88. The number of carboxylic acid groups (broad SMARTS) is 1. The van der Waals surface area contributed by atoms with Crippen LogP contribution >= 0.6 is 11.8 Å². The average Bonchev–Trinajstić information content (AvgIpc) is 2.64. The average molecular weight is 351 g/mol. The molecule has 4 rings (SSSR count). The molecule has 0 spiro atoms. The minimum Gasteiger partial charge on any atom is -0.480 e. The third kappa shape index (κ3) is 2.38. The Morgan fingerprint density at radius 2 is 1.60 bits per heavy atom. The van der Waals surface area contributed by atoms with Crippen LogP contribution in [0.25, 0.3) is 0 Å². The van der Waals surface area contributed by atoms with Crippen molar-refractivity contribution < 1.29 is 14.7 Å². The Hall–Kier alpha value is -2.53. The first-order chi connectivity index (χ1) is 12.1. The standard InChI is InChI=1S/C20H17NO3S/c22-17-11-18-21(17)12-16(13-25-18)20(19(23)24,14-7-3-1-4-8-14)15-9-5-2-6-10-15/h1-10,12,18H,11,13H2,(H,23,24). The zero-order valence-electron chi connectivity index (χ0n) is 13.5. The van der Waals surface area contributed by atoms with Crippen molar-refractivity contribution in [3.05, 3.63) is 83.6 Å². The number of thioether (sulfide) groups is 1. The van der Waals surface area contributed by atoms with E-state index < -0.39 is 11.4 Å². The molecular weight excluding hydrogens is 334 g/mol. The monoisotopic (exact) mass is 351 g/mol. The lowest BCUT2D eigenvalue weighted by atomic mass is 9.69. The molecule has 0 aliphatic carbocycles. The van der Waals surface area contributed by atoms with Crippen LogP contribution in [0.3, 0.4) is 0 Å². The molecule has 1 saturated heterocycles. The maximum absolute atomic E-state index is 12.7. The number of amides is 1. The van der Waals surface area contributed by atoms with E-state index in [1.54, 1.807) is 22.9 Å². The third-order valence-corrected chi connectivity index (χ3v) is 6.15. The first-order valence-corrected chi connectivity index (χ1v) is 9.17. The number of nitrogens with zero attached hydrogens (tertiary/aromatic N) is 1. The van der Waals surface area contributed by atoms with E-state index in [0.717, 1.165) is 5.57 Å². The zero-order chi connectivity index (χ0) is 17.4. The second-order valence-corrected chi connectivity index (χ2v) is 7.38. The highest BCUT2D eigenvalue weighted by atomic mass is 32.2. The molecule has 1 N–H and O–H groups in total. The molecule has 126 valence electrons. The van der Waals surface area contributed by atoms with Crippen LogP contribution in [0.5, 0.6) is 0 Å². The lowest BCUT2D eigenvalue weighted by Gasteiger charge is -2.44. The van der Waals surface area contributed by atoms with Crippen LogP contribution < -0.4 is 0 Å². The molecule has 0 bridgehead atoms. The Morgan fingerprint density at radius 3 is 2.08 bits per heavy atom. The molecule has 4 nitrogen and oxygen atoms in total. The first kappa shape index (κ1) is 16.0. The summed E-state index contributed by atoms with van der Waals surface area (Å²) in [5.74, 6) is -0.289. The van der Waals surface area contributed by atoms with E-state index in [1.165, 1.54) is 0 Å². The number of rotatable bonds is 4. The van der Waals surface area contributed by atoms with Crippen molar-refractivity contribution in [3.8, 4) is 0 Å². The van der Waals surface area contributed by atoms with Crippen LogP contribution in [0, 0.1) is 0 Å². The van der Waals surface area contributed by atoms with E-state index in [2.05, 4.69) is 0 Å². The van der Waals surface area contributed by atoms with Gasteiger partial charge in [0.15, 0.2) is 0 Å². The summed E-state index contributed by atoms with van der Waals surface area (Å²) in [7, 11) is 0. The first-order valence-electron chi connectivity index (χ1n) is 8.12. The van der Waals surface area contributed by atoms with Gasteiger partial charge < -0.3 is 10.0 Å². The van der Waals surface area contributed by atoms with Gasteiger partial charge in [-0.1, -0.05) is 60.7 Å². The van der Waals surface area contributed by atoms with E-state index in [9.17, 15) is 14.7 Å². The smallest absolute Gasteiger partial charge is 0.322 e. The molecular formula is C20H17NO3S. The molecule has 1 atom stereocenters. The van der Waals surface area contributed by atoms with Gasteiger partial charge in [0, 0.05) is 12.0 Å². The molecule has 1 amide bonds. The maximum Gasteiger partial charge on any atom is 0.322 e. The summed E-state index contributed by atoms with van der Waals surface area (Å²) >= 11 is 1.63. The number of hydrogen-bond donors (Lipinski definition) is 1. The molecule has 2 aliphatic heterocycles. The van der Waals surface area contributed by atoms with E-state index in [1.807, 2.05) is 60.7 Å². The normalized spacial score (nSPS) is 19.7. The second kappa shape index (κ2) is 6.08. The largest absolute Gasteiger partial charge is 0.480 e. The number of aliphatic carboxylic acids is 1. The summed E-state index contributed by atoms with van der Waals surface area (Å²) in [5.41, 5.74) is 0.835. The van der Waals surface area contributed by atoms with Gasteiger partial charge >= 0.3 is 5.97 Å². The second-order valence-electron chi connectivity index (χ2n) is 6.21. The summed E-state index contributed by atoms with van der Waals surface area (Å²) in [5, 5.41) is 10.5. The Balaban J connectivity index is 1.96. The number of fused-ring (bicyclic) bond motifs is 1. The van der Waals surface area contributed by atoms with E-state index in [-0.39, 0.29) is 11.3 Å². The molecule has 0 radical (unpaired) electrons. The zero-order valence-corrected chi connectivity index (χ0v) is 14.3. The van der Waals surface area contributed by atoms with Gasteiger partial charge in [0.25, 0.3) is 0 Å². The van der Waals surface area contributed by atoms with Gasteiger partial charge in [-0.05, 0) is 16.7 Å². The van der Waals surface area contributed by atoms with Crippen LogP contribution in [-0.2, 0) is 15.0 Å². The van der Waals surface area contributed by atoms with Crippen molar-refractivity contribution >= 4 is 23.6 Å². The Bertz CT molecular complexity index is 808. The van der Waals surface area contributed by atoms with E-state index in [4.69, 9.17) is 0 Å². The van der Waals surface area contributed by atoms with Crippen LogP contribution in [0.2, 0.25) is 0 Å². The van der Waals surface area contributed by atoms with Crippen molar-refractivity contribution in [2.24, 2.45) is 0 Å². The van der Waals surface area contributed by atoms with Gasteiger partial charge in [-0.25, -0.2) is 0 Å². The highest BCUT2D eigenvalue weighted by Crippen LogP contribution is 2.46. The summed E-state index contributed by atoms with van der Waals surface area (Å²) < 4.78 is 0. The van der Waals surface area contributed by atoms with E-state index >= 15 is 0 Å². The predicted molar refractivity (Wildman–Crippen MR) is 97.1 cm³/mol. The lowest BCUT2D eigenvalue weighted by Crippen LogP contribution is -2.52. The van der Waals surface area contributed by atoms with Crippen molar-refractivity contribution in [3.63, 3.8) is 0 Å². The van der Waals surface area contributed by atoms with E-state index in [0.29, 0.717) is 23.3 Å². The van der Waals surface area contributed by atoms with Crippen LogP contribution in [0.4, 0.5) is 0 Å².